The van der Waals surface area contributed by atoms with E-state index in [4.69, 9.17) is 0 Å². The summed E-state index contributed by atoms with van der Waals surface area (Å²) in [7, 11) is 0. The lowest BCUT2D eigenvalue weighted by atomic mass is 9.84. The predicted octanol–water partition coefficient (Wildman–Crippen LogP) is 2.86. The van der Waals surface area contributed by atoms with Gasteiger partial charge in [0, 0.05) is 31.1 Å². The van der Waals surface area contributed by atoms with Crippen LogP contribution in [0.15, 0.2) is 54.6 Å². The summed E-state index contributed by atoms with van der Waals surface area (Å²) in [5, 5.41) is 3.16. The van der Waals surface area contributed by atoms with E-state index in [1.807, 2.05) is 6.07 Å². The molecule has 2 aromatic carbocycles. The van der Waals surface area contributed by atoms with E-state index >= 15 is 0 Å². The first-order valence-electron chi connectivity index (χ1n) is 10.9. The number of hydrazine groups is 1. The molecule has 2 saturated heterocycles. The molecule has 1 aliphatic carbocycles. The summed E-state index contributed by atoms with van der Waals surface area (Å²) in [6.07, 6.45) is 3.34. The second-order valence-electron chi connectivity index (χ2n) is 8.77. The predicted molar refractivity (Wildman–Crippen MR) is 115 cm³/mol. The molecular formula is C24H30N4O. The van der Waals surface area contributed by atoms with Gasteiger partial charge in [-0.2, -0.15) is 0 Å². The van der Waals surface area contributed by atoms with E-state index in [-0.39, 0.29) is 18.0 Å². The number of hydrogen-bond donors (Lipinski definition) is 3. The average Bonchev–Trinajstić information content (AvgIpc) is 3.49. The molecule has 3 fully saturated rings. The monoisotopic (exact) mass is 390 g/mol. The van der Waals surface area contributed by atoms with E-state index in [0.717, 1.165) is 32.4 Å². The fourth-order valence-corrected chi connectivity index (χ4v) is 4.74. The first-order chi connectivity index (χ1) is 14.2. The smallest absolute Gasteiger partial charge is 0.237 e. The lowest BCUT2D eigenvalue weighted by Gasteiger charge is -2.39. The minimum absolute atomic E-state index is 0.0572. The number of amides is 1. The van der Waals surface area contributed by atoms with Crippen LogP contribution in [0.25, 0.3) is 11.1 Å². The number of hydrogen-bond acceptors (Lipinski definition) is 4. The zero-order valence-corrected chi connectivity index (χ0v) is 17.0. The lowest BCUT2D eigenvalue weighted by molar-refractivity contribution is -0.126. The van der Waals surface area contributed by atoms with Crippen molar-refractivity contribution in [2.24, 2.45) is 5.92 Å². The highest BCUT2D eigenvalue weighted by molar-refractivity contribution is 5.81. The Balaban J connectivity index is 1.28. The Labute approximate surface area is 172 Å². The maximum Gasteiger partial charge on any atom is 0.237 e. The van der Waals surface area contributed by atoms with E-state index < -0.39 is 0 Å². The number of fused-ring (bicyclic) bond motifs is 1. The van der Waals surface area contributed by atoms with E-state index in [1.165, 1.54) is 16.7 Å². The van der Waals surface area contributed by atoms with Crippen LogP contribution in [-0.4, -0.2) is 42.0 Å². The second kappa shape index (κ2) is 7.90. The van der Waals surface area contributed by atoms with E-state index in [9.17, 15) is 4.79 Å². The van der Waals surface area contributed by atoms with Gasteiger partial charge in [0.25, 0.3) is 0 Å². The summed E-state index contributed by atoms with van der Waals surface area (Å²) in [6.45, 7) is 3.96. The molecule has 152 valence electrons. The Hall–Kier alpha value is -2.21. The Morgan fingerprint density at radius 3 is 2.45 bits per heavy atom. The Morgan fingerprint density at radius 1 is 1.00 bits per heavy atom. The van der Waals surface area contributed by atoms with Crippen molar-refractivity contribution in [3.05, 3.63) is 60.2 Å². The molecule has 2 heterocycles. The number of carbonyl (C=O) groups is 1. The average molecular weight is 391 g/mol. The van der Waals surface area contributed by atoms with Crippen LogP contribution in [0.3, 0.4) is 0 Å². The first-order valence-corrected chi connectivity index (χ1v) is 10.9. The standard InChI is InChI=1S/C24H30N4O/c1-16(24(29)25-20-11-12-20)28-14-13-22-21(15-28)23(27-26-22)19-9-7-18(8-10-19)17-5-3-2-4-6-17/h2-10,16,20-23,26-27H,11-15H2,1H3,(H,25,29). The van der Waals surface area contributed by atoms with Gasteiger partial charge in [-0.15, -0.1) is 0 Å². The SMILES string of the molecule is CC(C(=O)NC1CC1)N1CCC2NNC(c3ccc(-c4ccccc4)cc3)C2C1. The van der Waals surface area contributed by atoms with Gasteiger partial charge in [-0.05, 0) is 42.9 Å². The quantitative estimate of drug-likeness (QED) is 0.735. The van der Waals surface area contributed by atoms with E-state index in [0.29, 0.717) is 18.0 Å². The zero-order valence-electron chi connectivity index (χ0n) is 17.0. The maximum atomic E-state index is 12.5. The van der Waals surface area contributed by atoms with Crippen LogP contribution in [0, 0.1) is 5.92 Å². The number of carbonyl (C=O) groups excluding carboxylic acids is 1. The third-order valence-electron chi connectivity index (χ3n) is 6.77. The van der Waals surface area contributed by atoms with Crippen molar-refractivity contribution in [2.45, 2.75) is 50.4 Å². The first kappa shape index (κ1) is 18.8. The van der Waals surface area contributed by atoms with Gasteiger partial charge in [0.2, 0.25) is 5.91 Å². The summed E-state index contributed by atoms with van der Waals surface area (Å²) in [6, 6.07) is 20.5. The molecule has 3 aliphatic rings. The summed E-state index contributed by atoms with van der Waals surface area (Å²) in [4.78, 5) is 14.9. The second-order valence-corrected chi connectivity index (χ2v) is 8.77. The number of nitrogens with one attached hydrogen (secondary N) is 3. The highest BCUT2D eigenvalue weighted by atomic mass is 16.2. The molecule has 4 atom stereocenters. The molecule has 1 amide bonds. The van der Waals surface area contributed by atoms with Gasteiger partial charge in [-0.1, -0.05) is 54.6 Å². The molecule has 5 nitrogen and oxygen atoms in total. The number of piperidine rings is 1. The van der Waals surface area contributed by atoms with Crippen molar-refractivity contribution in [2.75, 3.05) is 13.1 Å². The van der Waals surface area contributed by atoms with Crippen LogP contribution in [0.5, 0.6) is 0 Å². The van der Waals surface area contributed by atoms with E-state index in [1.54, 1.807) is 0 Å². The number of benzene rings is 2. The van der Waals surface area contributed by atoms with Gasteiger partial charge >= 0.3 is 0 Å². The molecule has 0 radical (unpaired) electrons. The molecule has 0 aromatic heterocycles. The van der Waals surface area contributed by atoms with Crippen molar-refractivity contribution in [3.63, 3.8) is 0 Å². The number of rotatable bonds is 5. The van der Waals surface area contributed by atoms with Crippen molar-refractivity contribution >= 4 is 5.91 Å². The molecule has 2 aromatic rings. The van der Waals surface area contributed by atoms with Crippen LogP contribution >= 0.6 is 0 Å². The van der Waals surface area contributed by atoms with E-state index in [2.05, 4.69) is 76.5 Å². The third kappa shape index (κ3) is 3.95. The fraction of sp³-hybridized carbons (Fsp3) is 0.458. The summed E-state index contributed by atoms with van der Waals surface area (Å²) >= 11 is 0. The third-order valence-corrected chi connectivity index (χ3v) is 6.77. The van der Waals surface area contributed by atoms with Gasteiger partial charge < -0.3 is 5.32 Å². The minimum atomic E-state index is -0.0572. The molecule has 5 rings (SSSR count). The molecule has 3 N–H and O–H groups in total. The zero-order chi connectivity index (χ0) is 19.8. The van der Waals surface area contributed by atoms with Crippen LogP contribution in [0.2, 0.25) is 0 Å². The summed E-state index contributed by atoms with van der Waals surface area (Å²) in [5.74, 6) is 0.649. The number of likely N-dealkylation sites (tertiary alicyclic amines) is 1. The van der Waals surface area contributed by atoms with Crippen LogP contribution < -0.4 is 16.2 Å². The normalized spacial score (nSPS) is 28.0. The molecule has 29 heavy (non-hydrogen) atoms. The molecule has 5 heteroatoms. The summed E-state index contributed by atoms with van der Waals surface area (Å²) in [5.41, 5.74) is 10.8. The summed E-state index contributed by atoms with van der Waals surface area (Å²) < 4.78 is 0. The van der Waals surface area contributed by atoms with Crippen molar-refractivity contribution < 1.29 is 4.79 Å². The highest BCUT2D eigenvalue weighted by Crippen LogP contribution is 2.35. The van der Waals surface area contributed by atoms with Crippen LogP contribution in [0.4, 0.5) is 0 Å². The molecule has 2 aliphatic heterocycles. The van der Waals surface area contributed by atoms with Gasteiger partial charge in [0.05, 0.1) is 12.1 Å². The lowest BCUT2D eigenvalue weighted by Crippen LogP contribution is -2.53. The fourth-order valence-electron chi connectivity index (χ4n) is 4.74. The number of nitrogens with zero attached hydrogens (tertiary/aromatic N) is 1. The Morgan fingerprint density at radius 2 is 1.72 bits per heavy atom. The highest BCUT2D eigenvalue weighted by Gasteiger charge is 2.42. The molecule has 0 bridgehead atoms. The van der Waals surface area contributed by atoms with Crippen molar-refractivity contribution in [1.29, 1.82) is 0 Å². The largest absolute Gasteiger partial charge is 0.352 e. The Kier molecular flexibility index (Phi) is 5.12. The van der Waals surface area contributed by atoms with Gasteiger partial charge in [0.15, 0.2) is 0 Å². The van der Waals surface area contributed by atoms with Crippen LogP contribution in [-0.2, 0) is 4.79 Å². The molecule has 1 saturated carbocycles. The van der Waals surface area contributed by atoms with Crippen LogP contribution in [0.1, 0.15) is 37.8 Å². The van der Waals surface area contributed by atoms with Crippen molar-refractivity contribution in [1.82, 2.24) is 21.1 Å². The molecule has 0 spiro atoms. The minimum Gasteiger partial charge on any atom is -0.352 e. The van der Waals surface area contributed by atoms with Gasteiger partial charge in [0.1, 0.15) is 0 Å². The maximum absolute atomic E-state index is 12.5. The topological polar surface area (TPSA) is 56.4 Å². The molecular weight excluding hydrogens is 360 g/mol. The molecule has 4 unspecified atom stereocenters. The Bertz CT molecular complexity index is 849. The van der Waals surface area contributed by atoms with Gasteiger partial charge in [-0.3, -0.25) is 15.1 Å². The van der Waals surface area contributed by atoms with Gasteiger partial charge in [-0.25, -0.2) is 5.43 Å². The van der Waals surface area contributed by atoms with Crippen molar-refractivity contribution in [3.8, 4) is 11.1 Å².